The van der Waals surface area contributed by atoms with Gasteiger partial charge in [0.25, 0.3) is 5.91 Å². The summed E-state index contributed by atoms with van der Waals surface area (Å²) in [4.78, 5) is 24.4. The third kappa shape index (κ3) is 4.17. The number of amides is 1. The van der Waals surface area contributed by atoms with Gasteiger partial charge in [-0.3, -0.25) is 9.48 Å². The highest BCUT2D eigenvalue weighted by Crippen LogP contribution is 2.22. The number of furan rings is 1. The Bertz CT molecular complexity index is 1010. The maximum absolute atomic E-state index is 12.5. The fourth-order valence-electron chi connectivity index (χ4n) is 2.44. The lowest BCUT2D eigenvalue weighted by molar-refractivity contribution is 0.0594. The number of aromatic nitrogens is 2. The molecule has 0 saturated heterocycles. The molecule has 2 heterocycles. The minimum absolute atomic E-state index is 0.0219. The zero-order chi connectivity index (χ0) is 20.3. The SMILES string of the molecule is COC(=O)c1nn(C)c(C)c1NC(=O)c1ccc(COc2ccc(Cl)cc2)o1. The van der Waals surface area contributed by atoms with Gasteiger partial charge < -0.3 is 19.2 Å². The number of aryl methyl sites for hydroxylation is 1. The predicted molar refractivity (Wildman–Crippen MR) is 102 cm³/mol. The molecule has 0 aliphatic rings. The normalized spacial score (nSPS) is 10.6. The largest absolute Gasteiger partial charge is 0.486 e. The van der Waals surface area contributed by atoms with Crippen LogP contribution in [0, 0.1) is 6.92 Å². The van der Waals surface area contributed by atoms with Gasteiger partial charge >= 0.3 is 5.97 Å². The zero-order valence-electron chi connectivity index (χ0n) is 15.5. The topological polar surface area (TPSA) is 95.6 Å². The molecule has 1 amide bonds. The lowest BCUT2D eigenvalue weighted by Gasteiger charge is -2.05. The second kappa shape index (κ2) is 8.18. The summed E-state index contributed by atoms with van der Waals surface area (Å²) in [6.45, 7) is 1.87. The average molecular weight is 404 g/mol. The van der Waals surface area contributed by atoms with E-state index in [1.807, 2.05) is 0 Å². The molecule has 0 aliphatic heterocycles. The Morgan fingerprint density at radius 1 is 1.21 bits per heavy atom. The van der Waals surface area contributed by atoms with Crippen LogP contribution < -0.4 is 10.1 Å². The number of ether oxygens (including phenoxy) is 2. The molecule has 0 radical (unpaired) electrons. The van der Waals surface area contributed by atoms with E-state index in [1.54, 1.807) is 44.3 Å². The quantitative estimate of drug-likeness (QED) is 0.632. The maximum Gasteiger partial charge on any atom is 0.360 e. The molecule has 2 aromatic heterocycles. The number of methoxy groups -OCH3 is 1. The van der Waals surface area contributed by atoms with Gasteiger partial charge in [0.05, 0.1) is 18.5 Å². The Morgan fingerprint density at radius 3 is 2.61 bits per heavy atom. The van der Waals surface area contributed by atoms with Crippen molar-refractivity contribution in [3.8, 4) is 5.75 Å². The summed E-state index contributed by atoms with van der Waals surface area (Å²) in [7, 11) is 2.91. The van der Waals surface area contributed by atoms with Crippen LogP contribution in [0.25, 0.3) is 0 Å². The molecule has 1 N–H and O–H groups in total. The number of benzene rings is 1. The number of nitrogens with zero attached hydrogens (tertiary/aromatic N) is 2. The van der Waals surface area contributed by atoms with E-state index in [2.05, 4.69) is 10.4 Å². The van der Waals surface area contributed by atoms with Gasteiger partial charge in [0.15, 0.2) is 11.5 Å². The van der Waals surface area contributed by atoms with Crippen LogP contribution >= 0.6 is 11.6 Å². The van der Waals surface area contributed by atoms with Gasteiger partial charge in [-0.2, -0.15) is 5.10 Å². The second-order valence-corrected chi connectivity index (χ2v) is 6.32. The van der Waals surface area contributed by atoms with Crippen LogP contribution in [0.4, 0.5) is 5.69 Å². The third-order valence-corrected chi connectivity index (χ3v) is 4.28. The molecule has 146 valence electrons. The van der Waals surface area contributed by atoms with E-state index in [0.717, 1.165) is 0 Å². The van der Waals surface area contributed by atoms with Gasteiger partial charge in [-0.1, -0.05) is 11.6 Å². The number of rotatable bonds is 6. The van der Waals surface area contributed by atoms with Crippen molar-refractivity contribution in [2.75, 3.05) is 12.4 Å². The summed E-state index contributed by atoms with van der Waals surface area (Å²) in [5.74, 6) is 0.0139. The Morgan fingerprint density at radius 2 is 1.93 bits per heavy atom. The van der Waals surface area contributed by atoms with Crippen molar-refractivity contribution in [2.45, 2.75) is 13.5 Å². The van der Waals surface area contributed by atoms with Crippen molar-refractivity contribution in [1.29, 1.82) is 0 Å². The van der Waals surface area contributed by atoms with Crippen molar-refractivity contribution in [3.63, 3.8) is 0 Å². The molecule has 1 aromatic carbocycles. The third-order valence-electron chi connectivity index (χ3n) is 4.03. The molecule has 8 nitrogen and oxygen atoms in total. The lowest BCUT2D eigenvalue weighted by atomic mass is 10.3. The van der Waals surface area contributed by atoms with E-state index in [-0.39, 0.29) is 23.7 Å². The molecule has 3 aromatic rings. The van der Waals surface area contributed by atoms with Crippen molar-refractivity contribution in [2.24, 2.45) is 7.05 Å². The number of halogens is 1. The Kier molecular flexibility index (Phi) is 5.70. The van der Waals surface area contributed by atoms with E-state index >= 15 is 0 Å². The highest BCUT2D eigenvalue weighted by molar-refractivity contribution is 6.30. The number of hydrogen-bond acceptors (Lipinski definition) is 6. The second-order valence-electron chi connectivity index (χ2n) is 5.89. The summed E-state index contributed by atoms with van der Waals surface area (Å²) < 4.78 is 17.3. The summed E-state index contributed by atoms with van der Waals surface area (Å²) in [6, 6.07) is 10.1. The van der Waals surface area contributed by atoms with Gasteiger partial charge in [-0.25, -0.2) is 4.79 Å². The highest BCUT2D eigenvalue weighted by Gasteiger charge is 2.23. The number of carbonyl (C=O) groups is 2. The Labute approximate surface area is 166 Å². The molecule has 0 fully saturated rings. The number of nitrogens with one attached hydrogen (secondary N) is 1. The fraction of sp³-hybridized carbons (Fsp3) is 0.211. The first-order valence-corrected chi connectivity index (χ1v) is 8.67. The fourth-order valence-corrected chi connectivity index (χ4v) is 2.56. The van der Waals surface area contributed by atoms with Crippen LogP contribution in [0.5, 0.6) is 5.75 Å². The summed E-state index contributed by atoms with van der Waals surface area (Å²) in [5.41, 5.74) is 0.898. The maximum atomic E-state index is 12.5. The summed E-state index contributed by atoms with van der Waals surface area (Å²) >= 11 is 5.83. The average Bonchev–Trinajstić information content (AvgIpc) is 3.27. The predicted octanol–water partition coefficient (Wildman–Crippen LogP) is 3.59. The smallest absolute Gasteiger partial charge is 0.360 e. The van der Waals surface area contributed by atoms with Crippen LogP contribution in [0.3, 0.4) is 0 Å². The Hall–Kier alpha value is -3.26. The van der Waals surface area contributed by atoms with Gasteiger partial charge in [0.2, 0.25) is 0 Å². The van der Waals surface area contributed by atoms with Crippen LogP contribution in [0.1, 0.15) is 32.5 Å². The van der Waals surface area contributed by atoms with E-state index in [4.69, 9.17) is 25.5 Å². The molecule has 0 atom stereocenters. The van der Waals surface area contributed by atoms with Gasteiger partial charge in [-0.15, -0.1) is 0 Å². The van der Waals surface area contributed by atoms with Gasteiger partial charge in [0, 0.05) is 12.1 Å². The molecule has 0 unspecified atom stereocenters. The van der Waals surface area contributed by atoms with Crippen molar-refractivity contribution >= 4 is 29.2 Å². The van der Waals surface area contributed by atoms with Crippen molar-refractivity contribution in [3.05, 3.63) is 64.3 Å². The molecule has 28 heavy (non-hydrogen) atoms. The first-order valence-electron chi connectivity index (χ1n) is 8.29. The van der Waals surface area contributed by atoms with Gasteiger partial charge in [-0.05, 0) is 43.3 Å². The van der Waals surface area contributed by atoms with E-state index in [1.165, 1.54) is 17.9 Å². The van der Waals surface area contributed by atoms with E-state index in [9.17, 15) is 9.59 Å². The molecule has 3 rings (SSSR count). The highest BCUT2D eigenvalue weighted by atomic mass is 35.5. The molecule has 9 heteroatoms. The molecule has 0 aliphatic carbocycles. The summed E-state index contributed by atoms with van der Waals surface area (Å²) in [5, 5.41) is 7.33. The standard InChI is InChI=1S/C19H18ClN3O5/c1-11-16(17(19(25)26-3)22-23(11)2)21-18(24)15-9-8-14(28-15)10-27-13-6-4-12(20)5-7-13/h4-9H,10H2,1-3H3,(H,21,24). The number of hydrogen-bond donors (Lipinski definition) is 1. The Balaban J connectivity index is 1.69. The number of carbonyl (C=O) groups excluding carboxylic acids is 2. The molecular weight excluding hydrogens is 386 g/mol. The molecular formula is C19H18ClN3O5. The minimum Gasteiger partial charge on any atom is -0.486 e. The minimum atomic E-state index is -0.643. The van der Waals surface area contributed by atoms with E-state index < -0.39 is 11.9 Å². The van der Waals surface area contributed by atoms with Gasteiger partial charge in [0.1, 0.15) is 18.1 Å². The van der Waals surface area contributed by atoms with Crippen LogP contribution in [0.2, 0.25) is 5.02 Å². The monoisotopic (exact) mass is 403 g/mol. The molecule has 0 saturated carbocycles. The number of anilines is 1. The van der Waals surface area contributed by atoms with E-state index in [0.29, 0.717) is 22.2 Å². The lowest BCUT2D eigenvalue weighted by Crippen LogP contribution is -2.14. The van der Waals surface area contributed by atoms with Crippen LogP contribution in [0.15, 0.2) is 40.8 Å². The number of esters is 1. The van der Waals surface area contributed by atoms with Crippen molar-refractivity contribution in [1.82, 2.24) is 9.78 Å². The molecule has 0 bridgehead atoms. The summed E-state index contributed by atoms with van der Waals surface area (Å²) in [6.07, 6.45) is 0. The molecule has 0 spiro atoms. The first-order chi connectivity index (χ1) is 13.4. The van der Waals surface area contributed by atoms with Crippen LogP contribution in [-0.4, -0.2) is 28.8 Å². The van der Waals surface area contributed by atoms with Crippen molar-refractivity contribution < 1.29 is 23.5 Å². The first kappa shape index (κ1) is 19.5. The van der Waals surface area contributed by atoms with Crippen LogP contribution in [-0.2, 0) is 18.4 Å². The zero-order valence-corrected chi connectivity index (χ0v) is 16.2.